The van der Waals surface area contributed by atoms with Gasteiger partial charge in [0.2, 0.25) is 11.5 Å². The molecule has 3 aromatic rings. The molecule has 1 heterocycles. The number of halogens is 5. The van der Waals surface area contributed by atoms with Crippen LogP contribution in [0.2, 0.25) is 0 Å². The maximum Gasteiger partial charge on any atom is 0.435 e. The second-order valence-electron chi connectivity index (χ2n) is 6.34. The fourth-order valence-corrected chi connectivity index (χ4v) is 3.40. The largest absolute Gasteiger partial charge is 0.491 e. The van der Waals surface area contributed by atoms with Crippen molar-refractivity contribution in [3.8, 4) is 22.7 Å². The number of hydrogen-bond acceptors (Lipinski definition) is 4. The molecule has 0 amide bonds. The van der Waals surface area contributed by atoms with Crippen molar-refractivity contribution in [2.45, 2.75) is 20.0 Å². The molecule has 0 N–H and O–H groups in total. The van der Waals surface area contributed by atoms with Gasteiger partial charge in [-0.25, -0.2) is 13.5 Å². The van der Waals surface area contributed by atoms with E-state index in [-0.39, 0.29) is 34.1 Å². The third-order valence-corrected chi connectivity index (χ3v) is 4.72. The van der Waals surface area contributed by atoms with Crippen molar-refractivity contribution < 1.29 is 30.9 Å². The van der Waals surface area contributed by atoms with E-state index in [2.05, 4.69) is 14.2 Å². The Balaban J connectivity index is 2.34. The smallest absolute Gasteiger partial charge is 0.435 e. The molecule has 0 saturated heterocycles. The Labute approximate surface area is 171 Å². The van der Waals surface area contributed by atoms with E-state index < -0.39 is 29.3 Å². The van der Waals surface area contributed by atoms with E-state index in [1.165, 1.54) is 6.07 Å². The van der Waals surface area contributed by atoms with Crippen LogP contribution in [0.15, 0.2) is 34.7 Å². The molecule has 0 aliphatic rings. The van der Waals surface area contributed by atoms with Crippen LogP contribution >= 0.6 is 0 Å². The molecular formula is C19H14F5N3O2S. The molecule has 0 spiro atoms. The first-order valence-corrected chi connectivity index (χ1v) is 9.09. The zero-order valence-corrected chi connectivity index (χ0v) is 16.7. The summed E-state index contributed by atoms with van der Waals surface area (Å²) in [6.07, 6.45) is -4.79. The highest BCUT2D eigenvalue weighted by Gasteiger charge is 2.35. The van der Waals surface area contributed by atoms with Crippen LogP contribution in [0.3, 0.4) is 0 Å². The molecule has 0 aliphatic carbocycles. The minimum Gasteiger partial charge on any atom is -0.491 e. The molecule has 3 rings (SSSR count). The van der Waals surface area contributed by atoms with E-state index in [9.17, 15) is 26.2 Å². The molecule has 0 atom stereocenters. The molecule has 2 aromatic carbocycles. The number of ether oxygens (including phenoxy) is 1. The molecule has 0 unspecified atom stereocenters. The van der Waals surface area contributed by atoms with E-state index >= 15 is 0 Å². The second kappa shape index (κ2) is 7.98. The summed E-state index contributed by atoms with van der Waals surface area (Å²) in [6, 6.07) is 5.46. The Bertz CT molecular complexity index is 1160. The summed E-state index contributed by atoms with van der Waals surface area (Å²) in [5.41, 5.74) is -0.145. The van der Waals surface area contributed by atoms with Crippen LogP contribution in [-0.4, -0.2) is 21.1 Å². The third kappa shape index (κ3) is 3.84. The molecule has 0 saturated carbocycles. The minimum absolute atomic E-state index is 0.0427. The summed E-state index contributed by atoms with van der Waals surface area (Å²) in [6.45, 7) is 3.25. The highest BCUT2D eigenvalue weighted by atomic mass is 32.1. The summed E-state index contributed by atoms with van der Waals surface area (Å²) in [4.78, 5) is 0. The number of hydrogen-bond donors (Lipinski definition) is 0. The summed E-state index contributed by atoms with van der Waals surface area (Å²) < 4.78 is 88.6. The third-order valence-electron chi connectivity index (χ3n) is 4.46. The molecule has 158 valence electrons. The number of aromatic nitrogens is 2. The zero-order chi connectivity index (χ0) is 22.2. The van der Waals surface area contributed by atoms with Crippen molar-refractivity contribution >= 4 is 17.2 Å². The Morgan fingerprint density at radius 3 is 2.27 bits per heavy atom. The van der Waals surface area contributed by atoms with Gasteiger partial charge in [0, 0.05) is 11.1 Å². The first kappa shape index (κ1) is 21.6. The Morgan fingerprint density at radius 2 is 1.73 bits per heavy atom. The van der Waals surface area contributed by atoms with Crippen molar-refractivity contribution in [3.05, 3.63) is 58.8 Å². The van der Waals surface area contributed by atoms with Gasteiger partial charge in [0.1, 0.15) is 0 Å². The molecule has 0 bridgehead atoms. The summed E-state index contributed by atoms with van der Waals surface area (Å²) in [5.74, 6) is -2.80. The van der Waals surface area contributed by atoms with Gasteiger partial charge in [0.05, 0.1) is 24.2 Å². The van der Waals surface area contributed by atoms with Crippen molar-refractivity contribution in [3.63, 3.8) is 0 Å². The van der Waals surface area contributed by atoms with Crippen molar-refractivity contribution in [1.82, 2.24) is 9.78 Å². The number of alkyl halides is 3. The normalized spacial score (nSPS) is 11.5. The minimum atomic E-state index is -4.79. The van der Waals surface area contributed by atoms with Crippen LogP contribution in [-0.2, 0) is 17.6 Å². The molecular weight excluding hydrogens is 429 g/mol. The average molecular weight is 443 g/mol. The van der Waals surface area contributed by atoms with Crippen LogP contribution in [0.5, 0.6) is 5.75 Å². The Morgan fingerprint density at radius 1 is 1.10 bits per heavy atom. The maximum atomic E-state index is 14.2. The summed E-state index contributed by atoms with van der Waals surface area (Å²) in [5, 5.41) is 3.61. The monoisotopic (exact) mass is 443 g/mol. The molecule has 1 aromatic heterocycles. The summed E-state index contributed by atoms with van der Waals surface area (Å²) >= 11 is -0.0427. The molecule has 5 nitrogen and oxygen atoms in total. The molecule has 0 aliphatic heterocycles. The van der Waals surface area contributed by atoms with E-state index in [0.29, 0.717) is 17.2 Å². The Kier molecular flexibility index (Phi) is 5.75. The van der Waals surface area contributed by atoms with E-state index in [1.54, 1.807) is 19.9 Å². The van der Waals surface area contributed by atoms with E-state index in [4.69, 9.17) is 0 Å². The van der Waals surface area contributed by atoms with Gasteiger partial charge in [-0.05, 0) is 43.7 Å². The fraction of sp³-hybridized carbons (Fsp3) is 0.211. The van der Waals surface area contributed by atoms with Gasteiger partial charge in [0.25, 0.3) is 0 Å². The van der Waals surface area contributed by atoms with E-state index in [0.717, 1.165) is 23.9 Å². The summed E-state index contributed by atoms with van der Waals surface area (Å²) in [7, 11) is 1.07. The van der Waals surface area contributed by atoms with Gasteiger partial charge < -0.3 is 4.74 Å². The Hall–Kier alpha value is -3.08. The van der Waals surface area contributed by atoms with Crippen molar-refractivity contribution in [2.75, 3.05) is 7.11 Å². The van der Waals surface area contributed by atoms with Crippen LogP contribution < -0.4 is 4.74 Å². The number of benzene rings is 2. The lowest BCUT2D eigenvalue weighted by atomic mass is 10.1. The SMILES string of the molecule is COc1c(F)cc(-c2cc(C(F)(F)F)nn2-c2ccc(C)c(N=S=O)c2C)cc1F. The maximum absolute atomic E-state index is 14.2. The van der Waals surface area contributed by atoms with Gasteiger partial charge in [-0.1, -0.05) is 6.07 Å². The highest BCUT2D eigenvalue weighted by Crippen LogP contribution is 2.37. The van der Waals surface area contributed by atoms with Gasteiger partial charge in [0.15, 0.2) is 23.1 Å². The molecule has 11 heteroatoms. The number of methoxy groups -OCH3 is 1. The van der Waals surface area contributed by atoms with Crippen LogP contribution in [0.1, 0.15) is 16.8 Å². The highest BCUT2D eigenvalue weighted by molar-refractivity contribution is 7.54. The van der Waals surface area contributed by atoms with E-state index in [1.807, 2.05) is 0 Å². The van der Waals surface area contributed by atoms with Crippen molar-refractivity contribution in [1.29, 1.82) is 0 Å². The second-order valence-corrected chi connectivity index (χ2v) is 6.67. The van der Waals surface area contributed by atoms with Gasteiger partial charge in [-0.15, -0.1) is 0 Å². The first-order valence-electron chi connectivity index (χ1n) is 8.39. The van der Waals surface area contributed by atoms with Gasteiger partial charge in [-0.2, -0.15) is 26.8 Å². The molecule has 0 fully saturated rings. The number of aryl methyl sites for hydroxylation is 1. The lowest BCUT2D eigenvalue weighted by molar-refractivity contribution is -0.141. The standard InChI is InChI=1S/C19H14F5N3O2S/c1-9-4-5-14(10(2)17(9)26-30-28)27-15(8-16(25-27)19(22,23)24)11-6-12(20)18(29-3)13(21)7-11/h4-8H,1-3H3. The average Bonchev–Trinajstić information content (AvgIpc) is 3.10. The molecule has 30 heavy (non-hydrogen) atoms. The van der Waals surface area contributed by atoms with Gasteiger partial charge in [-0.3, -0.25) is 0 Å². The molecule has 0 radical (unpaired) electrons. The van der Waals surface area contributed by atoms with Crippen LogP contribution in [0, 0.1) is 25.5 Å². The predicted octanol–water partition coefficient (Wildman–Crippen LogP) is 5.49. The van der Waals surface area contributed by atoms with Crippen LogP contribution in [0.4, 0.5) is 27.6 Å². The topological polar surface area (TPSA) is 56.5 Å². The zero-order valence-electron chi connectivity index (χ0n) is 15.8. The first-order chi connectivity index (χ1) is 14.1. The quantitative estimate of drug-likeness (QED) is 0.501. The lowest BCUT2D eigenvalue weighted by Gasteiger charge is -2.14. The number of rotatable bonds is 4. The number of nitrogens with zero attached hydrogens (tertiary/aromatic N) is 3. The predicted molar refractivity (Wildman–Crippen MR) is 100 cm³/mol. The van der Waals surface area contributed by atoms with Crippen molar-refractivity contribution in [2.24, 2.45) is 4.36 Å². The van der Waals surface area contributed by atoms with Crippen LogP contribution in [0.25, 0.3) is 16.9 Å². The fourth-order valence-electron chi connectivity index (χ4n) is 3.04. The lowest BCUT2D eigenvalue weighted by Crippen LogP contribution is -2.08. The van der Waals surface area contributed by atoms with Gasteiger partial charge >= 0.3 is 6.18 Å².